The topological polar surface area (TPSA) is 39.9 Å². The van der Waals surface area contributed by atoms with Crippen LogP contribution in [0.3, 0.4) is 0 Å². The van der Waals surface area contributed by atoms with Crippen LogP contribution in [0.15, 0.2) is 24.7 Å². The Kier molecular flexibility index (Phi) is 3.33. The molecule has 0 aliphatic rings. The molecule has 0 saturated heterocycles. The summed E-state index contributed by atoms with van der Waals surface area (Å²) in [5.41, 5.74) is 1.86. The lowest BCUT2D eigenvalue weighted by Crippen LogP contribution is -1.99. The third kappa shape index (κ3) is 2.42. The van der Waals surface area contributed by atoms with Crippen LogP contribution in [0.2, 0.25) is 5.15 Å². The number of rotatable bonds is 3. The van der Waals surface area contributed by atoms with Crippen LogP contribution in [0, 0.1) is 0 Å². The molecule has 5 heteroatoms. The van der Waals surface area contributed by atoms with Crippen molar-refractivity contribution in [1.82, 2.24) is 14.8 Å². The van der Waals surface area contributed by atoms with E-state index in [0.717, 1.165) is 11.1 Å². The van der Waals surface area contributed by atoms with Gasteiger partial charge in [0.1, 0.15) is 10.9 Å². The molecule has 0 aliphatic carbocycles. The minimum Gasteiger partial charge on any atom is -0.496 e. The average Bonchev–Trinajstić information content (AvgIpc) is 2.78. The van der Waals surface area contributed by atoms with E-state index in [2.05, 4.69) is 23.9 Å². The van der Waals surface area contributed by atoms with Crippen molar-refractivity contribution < 1.29 is 4.74 Å². The zero-order valence-electron chi connectivity index (χ0n) is 10.0. The van der Waals surface area contributed by atoms with E-state index in [0.29, 0.717) is 16.9 Å². The molecule has 0 unspecified atom stereocenters. The zero-order valence-corrected chi connectivity index (χ0v) is 10.8. The summed E-state index contributed by atoms with van der Waals surface area (Å²) >= 11 is 5.83. The molecule has 0 aromatic carbocycles. The normalized spacial score (nSPS) is 10.9. The number of ether oxygens (including phenoxy) is 1. The Bertz CT molecular complexity index is 522. The summed E-state index contributed by atoms with van der Waals surface area (Å²) in [6.45, 7) is 4.16. The average molecular weight is 252 g/mol. The van der Waals surface area contributed by atoms with Crippen molar-refractivity contribution in [3.8, 4) is 16.9 Å². The maximum atomic E-state index is 5.83. The first-order valence-electron chi connectivity index (χ1n) is 5.36. The molecule has 2 rings (SSSR count). The van der Waals surface area contributed by atoms with E-state index >= 15 is 0 Å². The lowest BCUT2D eigenvalue weighted by atomic mass is 10.1. The van der Waals surface area contributed by atoms with Crippen LogP contribution < -0.4 is 4.74 Å². The first-order valence-corrected chi connectivity index (χ1v) is 5.73. The summed E-state index contributed by atoms with van der Waals surface area (Å²) in [7, 11) is 1.61. The van der Waals surface area contributed by atoms with E-state index in [1.807, 2.05) is 10.9 Å². The van der Waals surface area contributed by atoms with Gasteiger partial charge < -0.3 is 4.74 Å². The molecule has 0 atom stereocenters. The molecule has 0 saturated carbocycles. The summed E-state index contributed by atoms with van der Waals surface area (Å²) in [6, 6.07) is 2.03. The van der Waals surface area contributed by atoms with E-state index in [1.54, 1.807) is 25.6 Å². The number of nitrogens with zero attached hydrogens (tertiary/aromatic N) is 3. The van der Waals surface area contributed by atoms with Crippen molar-refractivity contribution in [2.45, 2.75) is 19.9 Å². The molecule has 2 aromatic heterocycles. The second-order valence-corrected chi connectivity index (χ2v) is 4.40. The largest absolute Gasteiger partial charge is 0.496 e. The molecule has 0 N–H and O–H groups in total. The Morgan fingerprint density at radius 1 is 1.35 bits per heavy atom. The first-order chi connectivity index (χ1) is 8.11. The highest BCUT2D eigenvalue weighted by Crippen LogP contribution is 2.30. The lowest BCUT2D eigenvalue weighted by molar-refractivity contribution is 0.416. The number of aromatic nitrogens is 3. The van der Waals surface area contributed by atoms with Crippen LogP contribution in [0.4, 0.5) is 0 Å². The van der Waals surface area contributed by atoms with E-state index in [9.17, 15) is 0 Å². The molecule has 90 valence electrons. The SMILES string of the molecule is COc1cc(Cl)ncc1-c1cnn(C(C)C)c1. The third-order valence-electron chi connectivity index (χ3n) is 2.49. The van der Waals surface area contributed by atoms with Crippen LogP contribution >= 0.6 is 11.6 Å². The minimum absolute atomic E-state index is 0.329. The third-order valence-corrected chi connectivity index (χ3v) is 2.70. The van der Waals surface area contributed by atoms with E-state index in [-0.39, 0.29) is 0 Å². The Hall–Kier alpha value is -1.55. The maximum absolute atomic E-state index is 5.83. The molecule has 17 heavy (non-hydrogen) atoms. The number of pyridine rings is 1. The smallest absolute Gasteiger partial charge is 0.132 e. The summed E-state index contributed by atoms with van der Waals surface area (Å²) in [5.74, 6) is 0.702. The molecule has 2 heterocycles. The van der Waals surface area contributed by atoms with Gasteiger partial charge in [-0.2, -0.15) is 5.10 Å². The Morgan fingerprint density at radius 2 is 2.12 bits per heavy atom. The minimum atomic E-state index is 0.329. The fraction of sp³-hybridized carbons (Fsp3) is 0.333. The summed E-state index contributed by atoms with van der Waals surface area (Å²) in [6.07, 6.45) is 5.47. The Labute approximate surface area is 105 Å². The molecular formula is C12H14ClN3O. The molecule has 0 spiro atoms. The number of hydrogen-bond donors (Lipinski definition) is 0. The summed E-state index contributed by atoms with van der Waals surface area (Å²) in [4.78, 5) is 4.07. The van der Waals surface area contributed by atoms with Crippen LogP contribution in [0.25, 0.3) is 11.1 Å². The monoisotopic (exact) mass is 251 g/mol. The van der Waals surface area contributed by atoms with E-state index in [1.165, 1.54) is 0 Å². The van der Waals surface area contributed by atoms with Gasteiger partial charge in [0.05, 0.1) is 13.3 Å². The van der Waals surface area contributed by atoms with Gasteiger partial charge >= 0.3 is 0 Å². The van der Waals surface area contributed by atoms with Gasteiger partial charge in [0.15, 0.2) is 0 Å². The Balaban J connectivity index is 2.44. The Morgan fingerprint density at radius 3 is 2.71 bits per heavy atom. The highest BCUT2D eigenvalue weighted by molar-refractivity contribution is 6.29. The molecule has 0 bridgehead atoms. The van der Waals surface area contributed by atoms with Crippen LogP contribution in [0.1, 0.15) is 19.9 Å². The van der Waals surface area contributed by atoms with Crippen molar-refractivity contribution in [1.29, 1.82) is 0 Å². The van der Waals surface area contributed by atoms with Crippen LogP contribution in [-0.2, 0) is 0 Å². The fourth-order valence-electron chi connectivity index (χ4n) is 1.56. The highest BCUT2D eigenvalue weighted by atomic mass is 35.5. The fourth-order valence-corrected chi connectivity index (χ4v) is 1.71. The standard InChI is InChI=1S/C12H14ClN3O/c1-8(2)16-7-9(5-15-16)10-6-14-12(13)4-11(10)17-3/h4-8H,1-3H3. The van der Waals surface area contributed by atoms with Gasteiger partial charge in [-0.25, -0.2) is 4.98 Å². The quantitative estimate of drug-likeness (QED) is 0.787. The van der Waals surface area contributed by atoms with E-state index in [4.69, 9.17) is 16.3 Å². The van der Waals surface area contributed by atoms with Crippen LogP contribution in [0.5, 0.6) is 5.75 Å². The summed E-state index contributed by atoms with van der Waals surface area (Å²) < 4.78 is 7.18. The molecule has 0 amide bonds. The number of halogens is 1. The summed E-state index contributed by atoms with van der Waals surface area (Å²) in [5, 5.41) is 4.71. The first kappa shape index (κ1) is 11.9. The number of hydrogen-bond acceptors (Lipinski definition) is 3. The van der Waals surface area contributed by atoms with Gasteiger partial charge in [-0.05, 0) is 13.8 Å². The second-order valence-electron chi connectivity index (χ2n) is 4.01. The van der Waals surface area contributed by atoms with Gasteiger partial charge in [-0.15, -0.1) is 0 Å². The molecule has 0 radical (unpaired) electrons. The van der Waals surface area contributed by atoms with Gasteiger partial charge in [-0.1, -0.05) is 11.6 Å². The van der Waals surface area contributed by atoms with Gasteiger partial charge in [-0.3, -0.25) is 4.68 Å². The van der Waals surface area contributed by atoms with Crippen molar-refractivity contribution in [3.05, 3.63) is 29.8 Å². The van der Waals surface area contributed by atoms with Crippen molar-refractivity contribution in [2.24, 2.45) is 0 Å². The number of methoxy groups -OCH3 is 1. The van der Waals surface area contributed by atoms with Crippen molar-refractivity contribution in [2.75, 3.05) is 7.11 Å². The van der Waals surface area contributed by atoms with Crippen molar-refractivity contribution in [3.63, 3.8) is 0 Å². The van der Waals surface area contributed by atoms with Gasteiger partial charge in [0.25, 0.3) is 0 Å². The zero-order chi connectivity index (χ0) is 12.4. The molecule has 4 nitrogen and oxygen atoms in total. The second kappa shape index (κ2) is 4.75. The van der Waals surface area contributed by atoms with E-state index < -0.39 is 0 Å². The highest BCUT2D eigenvalue weighted by Gasteiger charge is 2.10. The van der Waals surface area contributed by atoms with Crippen LogP contribution in [-0.4, -0.2) is 21.9 Å². The molecular weight excluding hydrogens is 238 g/mol. The molecule has 0 aliphatic heterocycles. The predicted molar refractivity (Wildman–Crippen MR) is 67.4 cm³/mol. The molecule has 0 fully saturated rings. The predicted octanol–water partition coefficient (Wildman–Crippen LogP) is 3.19. The van der Waals surface area contributed by atoms with Gasteiger partial charge in [0.2, 0.25) is 0 Å². The molecule has 2 aromatic rings. The lowest BCUT2D eigenvalue weighted by Gasteiger charge is -2.06. The van der Waals surface area contributed by atoms with Crippen molar-refractivity contribution >= 4 is 11.6 Å². The van der Waals surface area contributed by atoms with Gasteiger partial charge in [0, 0.05) is 35.6 Å². The maximum Gasteiger partial charge on any atom is 0.132 e.